The quantitative estimate of drug-likeness (QED) is 0.817. The van der Waals surface area contributed by atoms with E-state index < -0.39 is 0 Å². The van der Waals surface area contributed by atoms with E-state index in [4.69, 9.17) is 10.5 Å². The first kappa shape index (κ1) is 13.3. The summed E-state index contributed by atoms with van der Waals surface area (Å²) in [6, 6.07) is 0.736. The van der Waals surface area contributed by atoms with Crippen LogP contribution in [0.25, 0.3) is 0 Å². The van der Waals surface area contributed by atoms with Gasteiger partial charge in [-0.15, -0.1) is 0 Å². The van der Waals surface area contributed by atoms with Gasteiger partial charge in [0.05, 0.1) is 6.10 Å². The van der Waals surface area contributed by atoms with E-state index >= 15 is 0 Å². The SMILES string of the molecule is COC1CC(CN)(N(C)C2CCCC(C)C2)C1. The molecule has 0 aromatic heterocycles. The molecule has 2 aliphatic rings. The first-order chi connectivity index (χ1) is 8.11. The number of nitrogens with two attached hydrogens (primary N) is 1. The molecular formula is C14H28N2O. The van der Waals surface area contributed by atoms with Gasteiger partial charge in [0.1, 0.15) is 0 Å². The molecule has 2 unspecified atom stereocenters. The minimum atomic E-state index is 0.225. The molecule has 100 valence electrons. The fourth-order valence-corrected chi connectivity index (χ4v) is 3.69. The smallest absolute Gasteiger partial charge is 0.0607 e. The summed E-state index contributed by atoms with van der Waals surface area (Å²) in [5.41, 5.74) is 6.26. The second kappa shape index (κ2) is 5.25. The van der Waals surface area contributed by atoms with Crippen molar-refractivity contribution < 1.29 is 4.74 Å². The van der Waals surface area contributed by atoms with E-state index in [0.29, 0.717) is 6.10 Å². The summed E-state index contributed by atoms with van der Waals surface area (Å²) in [5, 5.41) is 0. The number of methoxy groups -OCH3 is 1. The van der Waals surface area contributed by atoms with Crippen LogP contribution < -0.4 is 5.73 Å². The summed E-state index contributed by atoms with van der Waals surface area (Å²) < 4.78 is 5.42. The van der Waals surface area contributed by atoms with Crippen LogP contribution in [0.1, 0.15) is 45.4 Å². The number of nitrogens with zero attached hydrogens (tertiary/aromatic N) is 1. The number of ether oxygens (including phenoxy) is 1. The molecule has 0 heterocycles. The van der Waals surface area contributed by atoms with E-state index in [1.54, 1.807) is 0 Å². The van der Waals surface area contributed by atoms with Crippen molar-refractivity contribution in [2.45, 2.75) is 63.1 Å². The van der Waals surface area contributed by atoms with Crippen molar-refractivity contribution in [2.24, 2.45) is 11.7 Å². The van der Waals surface area contributed by atoms with Crippen LogP contribution in [0, 0.1) is 5.92 Å². The number of likely N-dealkylation sites (N-methyl/N-ethyl adjacent to an activating group) is 1. The van der Waals surface area contributed by atoms with E-state index in [1.165, 1.54) is 25.7 Å². The van der Waals surface area contributed by atoms with Gasteiger partial charge in [0.25, 0.3) is 0 Å². The summed E-state index contributed by atoms with van der Waals surface area (Å²) in [4.78, 5) is 2.58. The molecule has 0 bridgehead atoms. The molecule has 2 saturated carbocycles. The lowest BCUT2D eigenvalue weighted by atomic mass is 9.71. The Hall–Kier alpha value is -0.120. The van der Waals surface area contributed by atoms with Crippen molar-refractivity contribution in [3.8, 4) is 0 Å². The fourth-order valence-electron chi connectivity index (χ4n) is 3.69. The molecule has 3 heteroatoms. The van der Waals surface area contributed by atoms with Gasteiger partial charge in [0.2, 0.25) is 0 Å². The van der Waals surface area contributed by atoms with Gasteiger partial charge in [-0.05, 0) is 38.6 Å². The van der Waals surface area contributed by atoms with E-state index in [-0.39, 0.29) is 5.54 Å². The van der Waals surface area contributed by atoms with Gasteiger partial charge in [-0.3, -0.25) is 4.90 Å². The van der Waals surface area contributed by atoms with Gasteiger partial charge in [-0.1, -0.05) is 19.8 Å². The maximum atomic E-state index is 6.03. The van der Waals surface area contributed by atoms with E-state index in [0.717, 1.165) is 31.3 Å². The Balaban J connectivity index is 1.95. The van der Waals surface area contributed by atoms with Crippen LogP contribution in [0.3, 0.4) is 0 Å². The first-order valence-corrected chi connectivity index (χ1v) is 7.07. The first-order valence-electron chi connectivity index (χ1n) is 7.07. The molecule has 0 amide bonds. The lowest BCUT2D eigenvalue weighted by molar-refractivity contribution is -0.0977. The zero-order valence-corrected chi connectivity index (χ0v) is 11.6. The molecule has 3 nitrogen and oxygen atoms in total. The highest BCUT2D eigenvalue weighted by Gasteiger charge is 2.48. The van der Waals surface area contributed by atoms with Crippen molar-refractivity contribution in [3.63, 3.8) is 0 Å². The van der Waals surface area contributed by atoms with Crippen LogP contribution in [0.5, 0.6) is 0 Å². The maximum absolute atomic E-state index is 6.03. The Morgan fingerprint density at radius 1 is 1.35 bits per heavy atom. The average Bonchev–Trinajstić information content (AvgIpc) is 2.28. The van der Waals surface area contributed by atoms with Crippen LogP contribution in [0.2, 0.25) is 0 Å². The molecule has 0 aromatic carbocycles. The minimum Gasteiger partial charge on any atom is -0.381 e. The summed E-state index contributed by atoms with van der Waals surface area (Å²) in [6.45, 7) is 3.15. The molecule has 0 aromatic rings. The van der Waals surface area contributed by atoms with E-state index in [9.17, 15) is 0 Å². The van der Waals surface area contributed by atoms with Crippen LogP contribution in [0.4, 0.5) is 0 Å². The van der Waals surface area contributed by atoms with E-state index in [2.05, 4.69) is 18.9 Å². The largest absolute Gasteiger partial charge is 0.381 e. The van der Waals surface area contributed by atoms with Gasteiger partial charge in [-0.25, -0.2) is 0 Å². The number of hydrogen-bond acceptors (Lipinski definition) is 3. The highest BCUT2D eigenvalue weighted by molar-refractivity contribution is 5.05. The highest BCUT2D eigenvalue weighted by atomic mass is 16.5. The standard InChI is InChI=1S/C14H28N2O/c1-11-5-4-6-12(7-11)16(2)14(10-15)8-13(9-14)17-3/h11-13H,4-10,15H2,1-3H3. The van der Waals surface area contributed by atoms with Crippen LogP contribution in [-0.4, -0.2) is 43.3 Å². The van der Waals surface area contributed by atoms with Gasteiger partial charge in [0, 0.05) is 25.2 Å². The molecule has 0 spiro atoms. The third-order valence-electron chi connectivity index (χ3n) is 5.13. The summed E-state index contributed by atoms with van der Waals surface area (Å²) in [5.74, 6) is 0.879. The Morgan fingerprint density at radius 2 is 2.06 bits per heavy atom. The zero-order valence-electron chi connectivity index (χ0n) is 11.6. The Labute approximate surface area is 106 Å². The summed E-state index contributed by atoms with van der Waals surface area (Å²) in [7, 11) is 4.09. The average molecular weight is 240 g/mol. The lowest BCUT2D eigenvalue weighted by Gasteiger charge is -2.55. The molecule has 2 N–H and O–H groups in total. The second-order valence-corrected chi connectivity index (χ2v) is 6.23. The van der Waals surface area contributed by atoms with Crippen molar-refractivity contribution in [2.75, 3.05) is 20.7 Å². The Bertz CT molecular complexity index is 251. The number of hydrogen-bond donors (Lipinski definition) is 1. The van der Waals surface area contributed by atoms with Crippen molar-refractivity contribution in [1.29, 1.82) is 0 Å². The maximum Gasteiger partial charge on any atom is 0.0607 e. The topological polar surface area (TPSA) is 38.5 Å². The number of rotatable bonds is 4. The lowest BCUT2D eigenvalue weighted by Crippen LogP contribution is -2.65. The van der Waals surface area contributed by atoms with Crippen molar-refractivity contribution in [3.05, 3.63) is 0 Å². The molecule has 2 aliphatic carbocycles. The summed E-state index contributed by atoms with van der Waals surface area (Å²) in [6.07, 6.45) is 8.13. The predicted octanol–water partition coefficient (Wildman–Crippen LogP) is 2.00. The van der Waals surface area contributed by atoms with Crippen LogP contribution in [-0.2, 0) is 4.74 Å². The summed E-state index contributed by atoms with van der Waals surface area (Å²) >= 11 is 0. The predicted molar refractivity (Wildman–Crippen MR) is 71.0 cm³/mol. The van der Waals surface area contributed by atoms with Crippen molar-refractivity contribution >= 4 is 0 Å². The highest BCUT2D eigenvalue weighted by Crippen LogP contribution is 2.41. The normalized spacial score (nSPS) is 42.5. The zero-order chi connectivity index (χ0) is 12.5. The third-order valence-corrected chi connectivity index (χ3v) is 5.13. The molecular weight excluding hydrogens is 212 g/mol. The molecule has 2 fully saturated rings. The van der Waals surface area contributed by atoms with Crippen LogP contribution in [0.15, 0.2) is 0 Å². The molecule has 2 rings (SSSR count). The molecule has 0 saturated heterocycles. The molecule has 2 atom stereocenters. The second-order valence-electron chi connectivity index (χ2n) is 6.23. The molecule has 0 radical (unpaired) electrons. The molecule has 17 heavy (non-hydrogen) atoms. The van der Waals surface area contributed by atoms with Gasteiger partial charge in [0.15, 0.2) is 0 Å². The monoisotopic (exact) mass is 240 g/mol. The Morgan fingerprint density at radius 3 is 2.59 bits per heavy atom. The fraction of sp³-hybridized carbons (Fsp3) is 1.00. The Kier molecular flexibility index (Phi) is 4.11. The van der Waals surface area contributed by atoms with Crippen molar-refractivity contribution in [1.82, 2.24) is 4.90 Å². The molecule has 0 aliphatic heterocycles. The van der Waals surface area contributed by atoms with E-state index in [1.807, 2.05) is 7.11 Å². The minimum absolute atomic E-state index is 0.225. The third kappa shape index (κ3) is 2.51. The van der Waals surface area contributed by atoms with Crippen LogP contribution >= 0.6 is 0 Å². The van der Waals surface area contributed by atoms with Gasteiger partial charge < -0.3 is 10.5 Å². The van der Waals surface area contributed by atoms with Gasteiger partial charge in [-0.2, -0.15) is 0 Å². The van der Waals surface area contributed by atoms with Gasteiger partial charge >= 0.3 is 0 Å².